The van der Waals surface area contributed by atoms with E-state index in [-0.39, 0.29) is 17.2 Å². The van der Waals surface area contributed by atoms with Crippen molar-refractivity contribution in [2.24, 2.45) is 28.0 Å². The minimum absolute atomic E-state index is 0.0807. The third-order valence-electron chi connectivity index (χ3n) is 6.87. The van der Waals surface area contributed by atoms with Gasteiger partial charge in [0.2, 0.25) is 5.91 Å². The van der Waals surface area contributed by atoms with Crippen LogP contribution in [0.15, 0.2) is 39.9 Å². The highest BCUT2D eigenvalue weighted by Gasteiger charge is 2.38. The second kappa shape index (κ2) is 14.2. The first-order valence-electron chi connectivity index (χ1n) is 12.3. The van der Waals surface area contributed by atoms with E-state index >= 15 is 0 Å². The third kappa shape index (κ3) is 11.0. The Bertz CT molecular complexity index is 792. The Morgan fingerprint density at radius 2 is 1.85 bits per heavy atom. The van der Waals surface area contributed by atoms with Gasteiger partial charge in [-0.1, -0.05) is 26.3 Å². The molecule has 0 aromatic rings. The normalized spacial score (nSPS) is 31.5. The minimum Gasteiger partial charge on any atom is -0.375 e. The van der Waals surface area contributed by atoms with Gasteiger partial charge in [-0.05, 0) is 101 Å². The van der Waals surface area contributed by atoms with Gasteiger partial charge in [0.1, 0.15) is 0 Å². The summed E-state index contributed by atoms with van der Waals surface area (Å²) in [6.07, 6.45) is 15.9. The molecule has 2 rings (SSSR count). The Morgan fingerprint density at radius 3 is 2.42 bits per heavy atom. The summed E-state index contributed by atoms with van der Waals surface area (Å²) < 4.78 is 6.10. The predicted molar refractivity (Wildman–Crippen MR) is 138 cm³/mol. The van der Waals surface area contributed by atoms with Gasteiger partial charge in [0.05, 0.1) is 18.3 Å². The van der Waals surface area contributed by atoms with E-state index in [2.05, 4.69) is 31.8 Å². The number of allylic oxidation sites excluding steroid dienone is 6. The van der Waals surface area contributed by atoms with Crippen LogP contribution in [0.25, 0.3) is 0 Å². The van der Waals surface area contributed by atoms with Gasteiger partial charge in [0.15, 0.2) is 0 Å². The van der Waals surface area contributed by atoms with E-state index in [0.717, 1.165) is 42.7 Å². The molecule has 0 aromatic carbocycles. The zero-order valence-corrected chi connectivity index (χ0v) is 21.9. The SMILES string of the molecule is CC1CC(C)OC(CC2(C)CCCC(C(N)=O)C2)C1.CN=C/C=C(C)/C(C)=C\C=C(/C)C#N. The highest BCUT2D eigenvalue weighted by molar-refractivity contribution is 5.76. The fourth-order valence-corrected chi connectivity index (χ4v) is 4.97. The van der Waals surface area contributed by atoms with Crippen LogP contribution in [0, 0.1) is 28.6 Å². The lowest BCUT2D eigenvalue weighted by Gasteiger charge is -2.42. The zero-order chi connectivity index (χ0) is 25.0. The van der Waals surface area contributed by atoms with Gasteiger partial charge in [-0.3, -0.25) is 9.79 Å². The van der Waals surface area contributed by atoms with Crippen molar-refractivity contribution in [2.45, 2.75) is 98.7 Å². The maximum atomic E-state index is 11.4. The molecular weight excluding hydrogens is 410 g/mol. The molecule has 1 aliphatic heterocycles. The van der Waals surface area contributed by atoms with Crippen molar-refractivity contribution in [1.82, 2.24) is 0 Å². The number of nitrogens with zero attached hydrogens (tertiary/aromatic N) is 2. The zero-order valence-electron chi connectivity index (χ0n) is 21.9. The number of hydrogen-bond donors (Lipinski definition) is 1. The average Bonchev–Trinajstić information content (AvgIpc) is 2.74. The Labute approximate surface area is 201 Å². The van der Waals surface area contributed by atoms with E-state index in [4.69, 9.17) is 15.7 Å². The number of carbonyl (C=O) groups excluding carboxylic acids is 1. The Hall–Kier alpha value is -2.19. The van der Waals surface area contributed by atoms with Gasteiger partial charge < -0.3 is 10.5 Å². The van der Waals surface area contributed by atoms with Crippen LogP contribution in [0.2, 0.25) is 0 Å². The van der Waals surface area contributed by atoms with Crippen molar-refractivity contribution >= 4 is 12.1 Å². The summed E-state index contributed by atoms with van der Waals surface area (Å²) in [5, 5.41) is 8.54. The van der Waals surface area contributed by atoms with Crippen LogP contribution in [0.4, 0.5) is 0 Å². The summed E-state index contributed by atoms with van der Waals surface area (Å²) in [6, 6.07) is 2.07. The van der Waals surface area contributed by atoms with Gasteiger partial charge in [-0.15, -0.1) is 0 Å². The lowest BCUT2D eigenvalue weighted by Crippen LogP contribution is -2.38. The number of primary amides is 1. The summed E-state index contributed by atoms with van der Waals surface area (Å²) >= 11 is 0. The molecule has 0 radical (unpaired) electrons. The summed E-state index contributed by atoms with van der Waals surface area (Å²) in [5.41, 5.74) is 8.73. The molecule has 33 heavy (non-hydrogen) atoms. The summed E-state index contributed by atoms with van der Waals surface area (Å²) in [7, 11) is 1.74. The van der Waals surface area contributed by atoms with E-state index in [1.54, 1.807) is 20.2 Å². The lowest BCUT2D eigenvalue weighted by atomic mass is 9.67. The van der Waals surface area contributed by atoms with Crippen LogP contribution in [0.5, 0.6) is 0 Å². The molecule has 2 fully saturated rings. The number of aliphatic imine (C=N–C) groups is 1. The maximum absolute atomic E-state index is 11.4. The smallest absolute Gasteiger partial charge is 0.220 e. The topological polar surface area (TPSA) is 88.5 Å². The van der Waals surface area contributed by atoms with E-state index in [0.29, 0.717) is 17.8 Å². The number of nitrogens with two attached hydrogens (primary N) is 1. The van der Waals surface area contributed by atoms with Crippen LogP contribution in [-0.2, 0) is 9.53 Å². The molecule has 1 saturated heterocycles. The second-order valence-electron chi connectivity index (χ2n) is 10.4. The lowest BCUT2D eigenvalue weighted by molar-refractivity contribution is -0.125. The highest BCUT2D eigenvalue weighted by atomic mass is 16.5. The number of amides is 1. The number of nitriles is 1. The summed E-state index contributed by atoms with van der Waals surface area (Å²) in [5.74, 6) is 0.724. The standard InChI is InChI=1S/C16H29NO2.C12H16N2/c1-11-7-12(2)19-14(8-11)10-16(3)6-4-5-13(9-16)15(17)18;1-10(9-13)5-6-11(2)12(3)7-8-14-4/h11-14H,4-10H2,1-3H3,(H2,17,18);5-8H,1-4H3/b;10-5+,11-6-,12-7+,14-8?. The van der Waals surface area contributed by atoms with Crippen LogP contribution in [0.1, 0.15) is 86.5 Å². The van der Waals surface area contributed by atoms with Crippen LogP contribution in [-0.4, -0.2) is 31.4 Å². The first-order valence-corrected chi connectivity index (χ1v) is 12.3. The molecule has 5 nitrogen and oxygen atoms in total. The molecule has 1 heterocycles. The molecule has 5 atom stereocenters. The molecule has 2 aliphatic rings. The molecule has 5 heteroatoms. The van der Waals surface area contributed by atoms with E-state index < -0.39 is 0 Å². The average molecular weight is 456 g/mol. The van der Waals surface area contributed by atoms with Crippen molar-refractivity contribution in [3.8, 4) is 6.07 Å². The molecule has 1 aliphatic carbocycles. The number of rotatable bonds is 6. The highest BCUT2D eigenvalue weighted by Crippen LogP contribution is 2.44. The quantitative estimate of drug-likeness (QED) is 0.289. The van der Waals surface area contributed by atoms with Crippen LogP contribution < -0.4 is 5.73 Å². The summed E-state index contributed by atoms with van der Waals surface area (Å²) in [4.78, 5) is 15.3. The summed E-state index contributed by atoms with van der Waals surface area (Å²) in [6.45, 7) is 12.6. The van der Waals surface area contributed by atoms with Crippen molar-refractivity contribution < 1.29 is 9.53 Å². The van der Waals surface area contributed by atoms with E-state index in [9.17, 15) is 4.79 Å². The Balaban J connectivity index is 0.000000349. The molecular formula is C28H45N3O2. The molecule has 1 saturated carbocycles. The molecule has 0 aromatic heterocycles. The van der Waals surface area contributed by atoms with Gasteiger partial charge >= 0.3 is 0 Å². The molecule has 1 amide bonds. The third-order valence-corrected chi connectivity index (χ3v) is 6.87. The second-order valence-corrected chi connectivity index (χ2v) is 10.4. The number of carbonyl (C=O) groups is 1. The fourth-order valence-electron chi connectivity index (χ4n) is 4.97. The molecule has 0 spiro atoms. The van der Waals surface area contributed by atoms with Crippen molar-refractivity contribution in [2.75, 3.05) is 7.05 Å². The predicted octanol–water partition coefficient (Wildman–Crippen LogP) is 6.31. The number of ether oxygens (including phenoxy) is 1. The minimum atomic E-state index is -0.114. The van der Waals surface area contributed by atoms with Crippen molar-refractivity contribution in [1.29, 1.82) is 5.26 Å². The van der Waals surface area contributed by atoms with Crippen LogP contribution in [0.3, 0.4) is 0 Å². The van der Waals surface area contributed by atoms with Gasteiger partial charge in [-0.2, -0.15) is 5.26 Å². The van der Waals surface area contributed by atoms with Crippen molar-refractivity contribution in [3.63, 3.8) is 0 Å². The fraction of sp³-hybridized carbons (Fsp3) is 0.679. The molecule has 2 N–H and O–H groups in total. The van der Waals surface area contributed by atoms with Gasteiger partial charge in [-0.25, -0.2) is 0 Å². The van der Waals surface area contributed by atoms with Crippen molar-refractivity contribution in [3.05, 3.63) is 34.9 Å². The first-order chi connectivity index (χ1) is 15.5. The van der Waals surface area contributed by atoms with Crippen LogP contribution >= 0.6 is 0 Å². The Morgan fingerprint density at radius 1 is 1.18 bits per heavy atom. The number of hydrogen-bond acceptors (Lipinski definition) is 4. The monoisotopic (exact) mass is 455 g/mol. The van der Waals surface area contributed by atoms with Gasteiger partial charge in [0, 0.05) is 24.8 Å². The maximum Gasteiger partial charge on any atom is 0.220 e. The molecule has 5 unspecified atom stereocenters. The van der Waals surface area contributed by atoms with E-state index in [1.165, 1.54) is 19.3 Å². The largest absolute Gasteiger partial charge is 0.375 e. The van der Waals surface area contributed by atoms with E-state index in [1.807, 2.05) is 32.1 Å². The Kier molecular flexibility index (Phi) is 12.4. The molecule has 184 valence electrons. The first kappa shape index (κ1) is 28.8. The molecule has 0 bridgehead atoms. The van der Waals surface area contributed by atoms with Gasteiger partial charge in [0.25, 0.3) is 0 Å².